The summed E-state index contributed by atoms with van der Waals surface area (Å²) in [5, 5.41) is 1.01. The number of H-pyrrole nitrogens is 1. The topological polar surface area (TPSA) is 73.7 Å². The summed E-state index contributed by atoms with van der Waals surface area (Å²) in [6, 6.07) is 13.5. The fourth-order valence-electron chi connectivity index (χ4n) is 4.04. The van der Waals surface area contributed by atoms with Gasteiger partial charge in [0.15, 0.2) is 0 Å². The van der Waals surface area contributed by atoms with Gasteiger partial charge in [-0.25, -0.2) is 4.98 Å². The second-order valence-corrected chi connectivity index (χ2v) is 7.84. The maximum absolute atomic E-state index is 12.8. The van der Waals surface area contributed by atoms with E-state index in [1.54, 1.807) is 6.07 Å². The van der Waals surface area contributed by atoms with E-state index in [9.17, 15) is 9.59 Å². The summed E-state index contributed by atoms with van der Waals surface area (Å²) in [4.78, 5) is 35.9. The molecule has 1 aromatic carbocycles. The third-order valence-electron chi connectivity index (χ3n) is 5.70. The fourth-order valence-corrected chi connectivity index (χ4v) is 4.04. The molecule has 3 aromatic heterocycles. The summed E-state index contributed by atoms with van der Waals surface area (Å²) in [5.41, 5.74) is 4.68. The number of aryl methyl sites for hydroxylation is 1. The number of pyridine rings is 2. The lowest BCUT2D eigenvalue weighted by Gasteiger charge is -2.36. The number of hydrogen-bond donors (Lipinski definition) is 1. The number of carbonyl (C=O) groups is 1. The van der Waals surface area contributed by atoms with E-state index in [0.717, 1.165) is 46.6 Å². The van der Waals surface area contributed by atoms with Crippen LogP contribution in [0.25, 0.3) is 16.6 Å². The average Bonchev–Trinajstić information content (AvgIpc) is 3.14. The molecule has 7 nitrogen and oxygen atoms in total. The Bertz CT molecular complexity index is 1300. The first-order valence-corrected chi connectivity index (χ1v) is 10.2. The molecule has 0 spiro atoms. The van der Waals surface area contributed by atoms with E-state index in [-0.39, 0.29) is 11.5 Å². The van der Waals surface area contributed by atoms with Crippen LogP contribution in [0.3, 0.4) is 0 Å². The SMILES string of the molecule is Cc1ccn2cc(CC(=O)N3CCN(c4ccc5[nH]c(=O)ccc5c4)CC3)nc2c1. The van der Waals surface area contributed by atoms with Gasteiger partial charge in [0.05, 0.1) is 12.1 Å². The highest BCUT2D eigenvalue weighted by Crippen LogP contribution is 2.21. The molecule has 1 saturated heterocycles. The Labute approximate surface area is 173 Å². The van der Waals surface area contributed by atoms with Crippen LogP contribution in [0.15, 0.2) is 59.7 Å². The van der Waals surface area contributed by atoms with Gasteiger partial charge in [-0.05, 0) is 48.9 Å². The molecule has 0 radical (unpaired) electrons. The molecule has 0 bridgehead atoms. The molecule has 7 heteroatoms. The number of nitrogens with one attached hydrogen (secondary N) is 1. The number of fused-ring (bicyclic) bond motifs is 2. The summed E-state index contributed by atoms with van der Waals surface area (Å²) in [6.07, 6.45) is 4.23. The van der Waals surface area contributed by atoms with E-state index >= 15 is 0 Å². The average molecular weight is 401 g/mol. The molecule has 30 heavy (non-hydrogen) atoms. The number of rotatable bonds is 3. The number of anilines is 1. The molecule has 1 N–H and O–H groups in total. The molecule has 0 atom stereocenters. The highest BCUT2D eigenvalue weighted by Gasteiger charge is 2.22. The van der Waals surface area contributed by atoms with Crippen molar-refractivity contribution in [1.82, 2.24) is 19.3 Å². The molecule has 152 valence electrons. The molecule has 5 rings (SSSR count). The van der Waals surface area contributed by atoms with Crippen molar-refractivity contribution in [3.63, 3.8) is 0 Å². The lowest BCUT2D eigenvalue weighted by Crippen LogP contribution is -2.49. The summed E-state index contributed by atoms with van der Waals surface area (Å²) >= 11 is 0. The predicted octanol–water partition coefficient (Wildman–Crippen LogP) is 2.38. The van der Waals surface area contributed by atoms with Crippen molar-refractivity contribution in [1.29, 1.82) is 0 Å². The predicted molar refractivity (Wildman–Crippen MR) is 117 cm³/mol. The van der Waals surface area contributed by atoms with Crippen molar-refractivity contribution in [2.24, 2.45) is 0 Å². The Morgan fingerprint density at radius 3 is 2.73 bits per heavy atom. The van der Waals surface area contributed by atoms with Gasteiger partial charge in [-0.3, -0.25) is 9.59 Å². The van der Waals surface area contributed by atoms with Crippen LogP contribution in [-0.4, -0.2) is 51.4 Å². The molecule has 1 aliphatic rings. The molecule has 0 saturated carbocycles. The maximum Gasteiger partial charge on any atom is 0.248 e. The summed E-state index contributed by atoms with van der Waals surface area (Å²) in [7, 11) is 0. The maximum atomic E-state index is 12.8. The van der Waals surface area contributed by atoms with Gasteiger partial charge in [-0.2, -0.15) is 0 Å². The van der Waals surface area contributed by atoms with Gasteiger partial charge in [0.1, 0.15) is 5.65 Å². The van der Waals surface area contributed by atoms with Crippen LogP contribution in [-0.2, 0) is 11.2 Å². The van der Waals surface area contributed by atoms with E-state index in [2.05, 4.69) is 20.9 Å². The van der Waals surface area contributed by atoms with Crippen molar-refractivity contribution in [2.75, 3.05) is 31.1 Å². The Morgan fingerprint density at radius 2 is 1.90 bits per heavy atom. The van der Waals surface area contributed by atoms with Gasteiger partial charge in [-0.1, -0.05) is 0 Å². The molecule has 4 aromatic rings. The van der Waals surface area contributed by atoms with Crippen molar-refractivity contribution < 1.29 is 4.79 Å². The summed E-state index contributed by atoms with van der Waals surface area (Å²) in [6.45, 7) is 4.98. The fraction of sp³-hybridized carbons (Fsp3) is 0.261. The van der Waals surface area contributed by atoms with Crippen LogP contribution in [0, 0.1) is 6.92 Å². The number of hydrogen-bond acceptors (Lipinski definition) is 4. The third kappa shape index (κ3) is 3.54. The Hall–Kier alpha value is -3.61. The first-order chi connectivity index (χ1) is 14.5. The molecule has 0 unspecified atom stereocenters. The quantitative estimate of drug-likeness (QED) is 0.572. The van der Waals surface area contributed by atoms with E-state index < -0.39 is 0 Å². The van der Waals surface area contributed by atoms with E-state index in [1.807, 2.05) is 58.9 Å². The van der Waals surface area contributed by atoms with Crippen LogP contribution in [0.1, 0.15) is 11.3 Å². The molecule has 1 aliphatic heterocycles. The number of piperazine rings is 1. The second-order valence-electron chi connectivity index (χ2n) is 7.84. The van der Waals surface area contributed by atoms with E-state index in [4.69, 9.17) is 0 Å². The molecule has 1 amide bonds. The molecule has 4 heterocycles. The number of amides is 1. The normalized spacial score (nSPS) is 14.6. The van der Waals surface area contributed by atoms with Gasteiger partial charge in [0.2, 0.25) is 11.5 Å². The highest BCUT2D eigenvalue weighted by molar-refractivity contribution is 5.82. The molecule has 1 fully saturated rings. The van der Waals surface area contributed by atoms with Crippen molar-refractivity contribution in [3.05, 3.63) is 76.5 Å². The highest BCUT2D eigenvalue weighted by atomic mass is 16.2. The molecular weight excluding hydrogens is 378 g/mol. The molecular formula is C23H23N5O2. The Kier molecular flexibility index (Phi) is 4.50. The number of nitrogens with zero attached hydrogens (tertiary/aromatic N) is 4. The Morgan fingerprint density at radius 1 is 1.07 bits per heavy atom. The minimum Gasteiger partial charge on any atom is -0.368 e. The lowest BCUT2D eigenvalue weighted by molar-refractivity contribution is -0.130. The summed E-state index contributed by atoms with van der Waals surface area (Å²) < 4.78 is 1.96. The number of carbonyl (C=O) groups excluding carboxylic acids is 1. The number of aromatic nitrogens is 3. The van der Waals surface area contributed by atoms with Gasteiger partial charge < -0.3 is 19.2 Å². The van der Waals surface area contributed by atoms with Crippen LogP contribution >= 0.6 is 0 Å². The number of aromatic amines is 1. The first-order valence-electron chi connectivity index (χ1n) is 10.2. The van der Waals surface area contributed by atoms with Crippen molar-refractivity contribution in [3.8, 4) is 0 Å². The standard InChI is InChI=1S/C23H23N5O2/c1-16-6-7-28-15-18(24-21(28)12-16)14-23(30)27-10-8-26(9-11-27)19-3-4-20-17(13-19)2-5-22(29)25-20/h2-7,12-13,15H,8-11,14H2,1H3,(H,25,29). The zero-order valence-electron chi connectivity index (χ0n) is 16.8. The number of imidazole rings is 1. The van der Waals surface area contributed by atoms with Gasteiger partial charge in [0.25, 0.3) is 0 Å². The summed E-state index contributed by atoms with van der Waals surface area (Å²) in [5.74, 6) is 0.117. The zero-order valence-corrected chi connectivity index (χ0v) is 16.8. The first kappa shape index (κ1) is 18.4. The largest absolute Gasteiger partial charge is 0.368 e. The monoisotopic (exact) mass is 401 g/mol. The lowest BCUT2D eigenvalue weighted by atomic mass is 10.1. The van der Waals surface area contributed by atoms with Gasteiger partial charge >= 0.3 is 0 Å². The Balaban J connectivity index is 1.24. The second kappa shape index (κ2) is 7.33. The number of benzene rings is 1. The van der Waals surface area contributed by atoms with E-state index in [1.165, 1.54) is 0 Å². The smallest absolute Gasteiger partial charge is 0.248 e. The minimum atomic E-state index is -0.0943. The minimum absolute atomic E-state index is 0.0943. The van der Waals surface area contributed by atoms with Crippen LogP contribution in [0.5, 0.6) is 0 Å². The van der Waals surface area contributed by atoms with Crippen LogP contribution in [0.2, 0.25) is 0 Å². The van der Waals surface area contributed by atoms with Gasteiger partial charge in [0, 0.05) is 61.2 Å². The molecule has 0 aliphatic carbocycles. The zero-order chi connectivity index (χ0) is 20.7. The van der Waals surface area contributed by atoms with Crippen LogP contribution in [0.4, 0.5) is 5.69 Å². The van der Waals surface area contributed by atoms with Crippen LogP contribution < -0.4 is 10.5 Å². The van der Waals surface area contributed by atoms with Gasteiger partial charge in [-0.15, -0.1) is 0 Å². The van der Waals surface area contributed by atoms with E-state index in [0.29, 0.717) is 19.5 Å². The third-order valence-corrected chi connectivity index (χ3v) is 5.70. The van der Waals surface area contributed by atoms with Crippen molar-refractivity contribution >= 4 is 28.1 Å². The van der Waals surface area contributed by atoms with Crippen molar-refractivity contribution in [2.45, 2.75) is 13.3 Å².